The summed E-state index contributed by atoms with van der Waals surface area (Å²) in [6.07, 6.45) is 0. The Morgan fingerprint density at radius 3 is 1.21 bits per heavy atom. The van der Waals surface area contributed by atoms with Crippen LogP contribution in [0.15, 0.2) is 206 Å². The number of hydrogen-bond donors (Lipinski definition) is 0. The average molecular weight is 833 g/mol. The van der Waals surface area contributed by atoms with E-state index in [1.54, 1.807) is 0 Å². The van der Waals surface area contributed by atoms with Gasteiger partial charge in [0.2, 0.25) is 0 Å². The highest BCUT2D eigenvalue weighted by molar-refractivity contribution is 6.89. The first-order valence-corrected chi connectivity index (χ1v) is 28.8. The largest absolute Gasteiger partial charge is 0.311 e. The predicted molar refractivity (Wildman–Crippen MR) is 275 cm³/mol. The molecule has 10 aromatic rings. The van der Waals surface area contributed by atoms with Gasteiger partial charge in [0.15, 0.2) is 0 Å². The lowest BCUT2D eigenvalue weighted by atomic mass is 10.0. The third kappa shape index (κ3) is 7.40. The molecule has 4 heteroatoms. The third-order valence-corrected chi connectivity index (χ3v) is 16.7. The summed E-state index contributed by atoms with van der Waals surface area (Å²) in [5.74, 6) is 0. The van der Waals surface area contributed by atoms with E-state index in [9.17, 15) is 0 Å². The van der Waals surface area contributed by atoms with Gasteiger partial charge in [-0.2, -0.15) is 0 Å². The number of fused-ring (bicyclic) bond motifs is 4. The van der Waals surface area contributed by atoms with E-state index in [0.717, 1.165) is 17.1 Å². The molecule has 0 radical (unpaired) electrons. The Balaban J connectivity index is 1.02. The molecule has 0 spiro atoms. The maximum atomic E-state index is 2.43. The smallest absolute Gasteiger partial charge is 0.0775 e. The van der Waals surface area contributed by atoms with Crippen molar-refractivity contribution in [2.24, 2.45) is 0 Å². The zero-order valence-electron chi connectivity index (χ0n) is 36.5. The highest BCUT2D eigenvalue weighted by Crippen LogP contribution is 2.40. The summed E-state index contributed by atoms with van der Waals surface area (Å²) in [5, 5.41) is 7.96. The number of anilines is 3. The van der Waals surface area contributed by atoms with Crippen LogP contribution in [0.5, 0.6) is 0 Å². The van der Waals surface area contributed by atoms with Crippen molar-refractivity contribution in [3.05, 3.63) is 206 Å². The van der Waals surface area contributed by atoms with Crippen molar-refractivity contribution in [2.45, 2.75) is 39.3 Å². The molecule has 0 fully saturated rings. The first-order chi connectivity index (χ1) is 30.0. The van der Waals surface area contributed by atoms with Crippen LogP contribution < -0.4 is 15.3 Å². The molecule has 0 aliphatic heterocycles. The van der Waals surface area contributed by atoms with Crippen LogP contribution in [0, 0.1) is 0 Å². The van der Waals surface area contributed by atoms with Crippen LogP contribution in [0.3, 0.4) is 0 Å². The standard InChI is InChI=1S/C58H52N2Si2/c1-61(2,3)51-35-24-43(25-36-51)41-18-29-48(30-19-41)59(49-31-20-42(21-32-49)44-26-37-52(38-27-44)62(4,5)6)50-33-22-45(23-34-50)47-28-39-58-55(40-47)54-15-9-10-16-57(54)60(58)56-17-11-13-46-12-7-8-14-53(46)56/h7-40H,1-6H3. The zero-order valence-corrected chi connectivity index (χ0v) is 38.5. The van der Waals surface area contributed by atoms with Gasteiger partial charge in [0.1, 0.15) is 0 Å². The average Bonchev–Trinajstić information content (AvgIpc) is 3.62. The highest BCUT2D eigenvalue weighted by Gasteiger charge is 2.19. The molecule has 9 aromatic carbocycles. The molecule has 0 aliphatic carbocycles. The molecule has 0 unspecified atom stereocenters. The fourth-order valence-corrected chi connectivity index (χ4v) is 11.3. The van der Waals surface area contributed by atoms with Gasteiger partial charge >= 0.3 is 0 Å². The Labute approximate surface area is 368 Å². The summed E-state index contributed by atoms with van der Waals surface area (Å²) in [6.45, 7) is 14.4. The summed E-state index contributed by atoms with van der Waals surface area (Å²) in [5.41, 5.74) is 14.3. The predicted octanol–water partition coefficient (Wildman–Crippen LogP) is 15.5. The van der Waals surface area contributed by atoms with Gasteiger partial charge in [-0.25, -0.2) is 0 Å². The van der Waals surface area contributed by atoms with Crippen molar-refractivity contribution in [1.29, 1.82) is 0 Å². The Kier molecular flexibility index (Phi) is 9.94. The summed E-state index contributed by atoms with van der Waals surface area (Å²) < 4.78 is 2.43. The molecule has 0 amide bonds. The van der Waals surface area contributed by atoms with E-state index in [1.807, 2.05) is 0 Å². The number of hydrogen-bond acceptors (Lipinski definition) is 1. The maximum absolute atomic E-state index is 2.43. The van der Waals surface area contributed by atoms with Gasteiger partial charge in [-0.15, -0.1) is 0 Å². The lowest BCUT2D eigenvalue weighted by molar-refractivity contribution is 1.20. The van der Waals surface area contributed by atoms with Gasteiger partial charge in [-0.3, -0.25) is 0 Å². The topological polar surface area (TPSA) is 8.17 Å². The van der Waals surface area contributed by atoms with E-state index in [1.165, 1.54) is 82.0 Å². The van der Waals surface area contributed by atoms with E-state index in [-0.39, 0.29) is 0 Å². The molecule has 0 aliphatic rings. The summed E-state index contributed by atoms with van der Waals surface area (Å²) >= 11 is 0. The molecule has 0 saturated carbocycles. The molecule has 302 valence electrons. The van der Waals surface area contributed by atoms with E-state index in [4.69, 9.17) is 0 Å². The molecule has 1 aromatic heterocycles. The maximum Gasteiger partial charge on any atom is 0.0775 e. The Bertz CT molecular complexity index is 3100. The van der Waals surface area contributed by atoms with Crippen molar-refractivity contribution in [3.63, 3.8) is 0 Å². The first kappa shape index (κ1) is 39.4. The fraction of sp³-hybridized carbons (Fsp3) is 0.103. The van der Waals surface area contributed by atoms with E-state index in [0.29, 0.717) is 0 Å². The van der Waals surface area contributed by atoms with Crippen molar-refractivity contribution in [2.75, 3.05) is 4.90 Å². The molecule has 0 bridgehead atoms. The lowest BCUT2D eigenvalue weighted by Crippen LogP contribution is -2.37. The van der Waals surface area contributed by atoms with Crippen molar-refractivity contribution in [1.82, 2.24) is 4.57 Å². The zero-order chi connectivity index (χ0) is 42.6. The first-order valence-electron chi connectivity index (χ1n) is 21.8. The molecule has 0 saturated heterocycles. The Morgan fingerprint density at radius 2 is 0.710 bits per heavy atom. The molecule has 2 nitrogen and oxygen atoms in total. The number of nitrogens with zero attached hydrogens (tertiary/aromatic N) is 2. The molecule has 0 N–H and O–H groups in total. The quantitative estimate of drug-likeness (QED) is 0.132. The second-order valence-corrected chi connectivity index (χ2v) is 28.9. The number of aromatic nitrogens is 1. The van der Waals surface area contributed by atoms with Crippen molar-refractivity contribution in [3.8, 4) is 39.1 Å². The van der Waals surface area contributed by atoms with Gasteiger partial charge in [-0.05, 0) is 99.4 Å². The summed E-state index contributed by atoms with van der Waals surface area (Å²) in [7, 11) is -2.74. The van der Waals surface area contributed by atoms with Gasteiger partial charge in [0.05, 0.1) is 32.9 Å². The van der Waals surface area contributed by atoms with Crippen LogP contribution in [0.2, 0.25) is 39.3 Å². The fourth-order valence-electron chi connectivity index (χ4n) is 9.00. The van der Waals surface area contributed by atoms with Crippen LogP contribution in [0.1, 0.15) is 0 Å². The van der Waals surface area contributed by atoms with E-state index >= 15 is 0 Å². The van der Waals surface area contributed by atoms with Crippen LogP contribution in [-0.2, 0) is 0 Å². The van der Waals surface area contributed by atoms with Gasteiger partial charge in [0, 0.05) is 33.2 Å². The minimum atomic E-state index is -1.37. The van der Waals surface area contributed by atoms with E-state index < -0.39 is 16.1 Å². The highest BCUT2D eigenvalue weighted by atomic mass is 28.3. The normalized spacial score (nSPS) is 12.0. The van der Waals surface area contributed by atoms with Crippen LogP contribution >= 0.6 is 0 Å². The lowest BCUT2D eigenvalue weighted by Gasteiger charge is -2.26. The number of benzene rings is 9. The molecule has 62 heavy (non-hydrogen) atoms. The molecular formula is C58H52N2Si2. The number of para-hydroxylation sites is 1. The van der Waals surface area contributed by atoms with E-state index in [2.05, 4.69) is 255 Å². The SMILES string of the molecule is C[Si](C)(C)c1ccc(-c2ccc(N(c3ccc(-c4ccc([Si](C)(C)C)cc4)cc3)c3ccc(-c4ccc5c(c4)c4ccccc4n5-c4cccc5ccccc45)cc3)cc2)cc1. The van der Waals surface area contributed by atoms with Crippen LogP contribution in [0.4, 0.5) is 17.1 Å². The second kappa shape index (κ2) is 15.6. The van der Waals surface area contributed by atoms with Gasteiger partial charge < -0.3 is 9.47 Å². The second-order valence-electron chi connectivity index (χ2n) is 18.7. The molecule has 0 atom stereocenters. The Hall–Kier alpha value is -6.73. The minimum absolute atomic E-state index is 1.11. The van der Waals surface area contributed by atoms with Gasteiger partial charge in [0.25, 0.3) is 0 Å². The summed E-state index contributed by atoms with van der Waals surface area (Å²) in [4.78, 5) is 2.38. The van der Waals surface area contributed by atoms with Crippen LogP contribution in [0.25, 0.3) is 71.6 Å². The molecule has 10 rings (SSSR count). The molecular weight excluding hydrogens is 781 g/mol. The number of rotatable bonds is 9. The molecule has 1 heterocycles. The monoisotopic (exact) mass is 832 g/mol. The Morgan fingerprint density at radius 1 is 0.323 bits per heavy atom. The van der Waals surface area contributed by atoms with Crippen LogP contribution in [-0.4, -0.2) is 20.7 Å². The van der Waals surface area contributed by atoms with Crippen molar-refractivity contribution >= 4 is 76.2 Å². The van der Waals surface area contributed by atoms with Gasteiger partial charge in [-0.1, -0.05) is 195 Å². The van der Waals surface area contributed by atoms with Crippen molar-refractivity contribution < 1.29 is 0 Å². The summed E-state index contributed by atoms with van der Waals surface area (Å²) in [6, 6.07) is 76.6. The minimum Gasteiger partial charge on any atom is -0.311 e. The third-order valence-electron chi connectivity index (χ3n) is 12.6.